The van der Waals surface area contributed by atoms with Crippen molar-refractivity contribution in [2.24, 2.45) is 0 Å². The monoisotopic (exact) mass is 459 g/mol. The van der Waals surface area contributed by atoms with Gasteiger partial charge < -0.3 is 10.2 Å². The number of sulfone groups is 1. The Morgan fingerprint density at radius 2 is 1.87 bits per heavy atom. The molecule has 0 radical (unpaired) electrons. The van der Waals surface area contributed by atoms with Gasteiger partial charge in [-0.15, -0.1) is 0 Å². The number of aliphatic hydroxyl groups is 1. The lowest BCUT2D eigenvalue weighted by Crippen LogP contribution is -2.29. The van der Waals surface area contributed by atoms with E-state index in [1.165, 1.54) is 13.0 Å². The predicted octanol–water partition coefficient (Wildman–Crippen LogP) is 3.63. The van der Waals surface area contributed by atoms with E-state index < -0.39 is 32.9 Å². The first-order valence-electron chi connectivity index (χ1n) is 8.90. The molecule has 0 unspecified atom stereocenters. The lowest BCUT2D eigenvalue weighted by molar-refractivity contribution is 0.204. The summed E-state index contributed by atoms with van der Waals surface area (Å²) in [4.78, 5) is 20.6. The van der Waals surface area contributed by atoms with Crippen LogP contribution in [-0.2, 0) is 21.7 Å². The Labute approximate surface area is 179 Å². The molecule has 1 heterocycles. The first-order chi connectivity index (χ1) is 13.7. The number of carbonyl (C=O) groups is 1. The van der Waals surface area contributed by atoms with E-state index in [-0.39, 0.29) is 45.8 Å². The number of hydrogen-bond acceptors (Lipinski definition) is 6. The molecule has 0 bridgehead atoms. The molecule has 30 heavy (non-hydrogen) atoms. The summed E-state index contributed by atoms with van der Waals surface area (Å²) in [7, 11) is -3.78. The van der Waals surface area contributed by atoms with Crippen LogP contribution in [0, 0.1) is 12.7 Å². The molecule has 0 saturated heterocycles. The van der Waals surface area contributed by atoms with E-state index in [0.29, 0.717) is 4.90 Å². The fraction of sp³-hybridized carbons (Fsp3) is 0.421. The Morgan fingerprint density at radius 1 is 1.27 bits per heavy atom. The van der Waals surface area contributed by atoms with Crippen LogP contribution in [0.3, 0.4) is 0 Å². The summed E-state index contributed by atoms with van der Waals surface area (Å²) in [5.41, 5.74) is -1.38. The summed E-state index contributed by atoms with van der Waals surface area (Å²) < 4.78 is 40.1. The minimum atomic E-state index is -3.78. The number of benzene rings is 1. The molecular weight excluding hydrogens is 437 g/mol. The van der Waals surface area contributed by atoms with Crippen LogP contribution in [0.4, 0.5) is 20.7 Å². The third-order valence-corrected chi connectivity index (χ3v) is 5.74. The molecule has 11 heteroatoms. The third-order valence-electron chi connectivity index (χ3n) is 4.29. The van der Waals surface area contributed by atoms with Crippen LogP contribution in [0.2, 0.25) is 5.15 Å². The van der Waals surface area contributed by atoms with Gasteiger partial charge in [0.1, 0.15) is 11.0 Å². The predicted molar refractivity (Wildman–Crippen MR) is 111 cm³/mol. The highest BCUT2D eigenvalue weighted by molar-refractivity contribution is 7.90. The minimum absolute atomic E-state index is 0.0621. The standard InChI is InChI=1S/C19H23ClFN3O5S/c1-10-22-16(20)11(8-9-25)17(23-10)24(18(26)27)12-6-7-13(30(5,28)29)14(15(12)21)19(2,3)4/h6-7,25H,8-9H2,1-5H3,(H,26,27). The molecule has 8 nitrogen and oxygen atoms in total. The molecule has 164 valence electrons. The summed E-state index contributed by atoms with van der Waals surface area (Å²) in [6, 6.07) is 2.24. The van der Waals surface area contributed by atoms with Crippen LogP contribution in [0.5, 0.6) is 0 Å². The van der Waals surface area contributed by atoms with Crippen molar-refractivity contribution in [3.63, 3.8) is 0 Å². The maximum atomic E-state index is 15.7. The fourth-order valence-electron chi connectivity index (χ4n) is 3.09. The Morgan fingerprint density at radius 3 is 2.33 bits per heavy atom. The van der Waals surface area contributed by atoms with Crippen molar-refractivity contribution in [2.75, 3.05) is 17.8 Å². The van der Waals surface area contributed by atoms with Crippen molar-refractivity contribution in [2.45, 2.75) is 44.4 Å². The molecule has 0 fully saturated rings. The maximum Gasteiger partial charge on any atom is 0.417 e. The number of carboxylic acid groups (broad SMARTS) is 1. The lowest BCUT2D eigenvalue weighted by atomic mass is 9.86. The second-order valence-corrected chi connectivity index (χ2v) is 10.1. The van der Waals surface area contributed by atoms with E-state index >= 15 is 4.39 Å². The summed E-state index contributed by atoms with van der Waals surface area (Å²) >= 11 is 6.12. The molecule has 0 aliphatic rings. The molecule has 0 saturated carbocycles. The van der Waals surface area contributed by atoms with Crippen LogP contribution in [0.15, 0.2) is 17.0 Å². The zero-order chi connectivity index (χ0) is 23.0. The molecule has 2 rings (SSSR count). The highest BCUT2D eigenvalue weighted by Crippen LogP contribution is 2.39. The van der Waals surface area contributed by atoms with Gasteiger partial charge in [0.25, 0.3) is 0 Å². The number of aryl methyl sites for hydroxylation is 1. The molecule has 2 N–H and O–H groups in total. The Balaban J connectivity index is 2.92. The zero-order valence-corrected chi connectivity index (χ0v) is 18.8. The summed E-state index contributed by atoms with van der Waals surface area (Å²) in [5, 5.41) is 19.1. The molecule has 0 aliphatic carbocycles. The van der Waals surface area contributed by atoms with Gasteiger partial charge in [-0.3, -0.25) is 0 Å². The van der Waals surface area contributed by atoms with Crippen molar-refractivity contribution in [3.05, 3.63) is 40.1 Å². The number of rotatable bonds is 5. The largest absolute Gasteiger partial charge is 0.464 e. The number of halogens is 2. The first-order valence-corrected chi connectivity index (χ1v) is 11.2. The number of amides is 1. The number of hydrogen-bond donors (Lipinski definition) is 2. The van der Waals surface area contributed by atoms with E-state index in [2.05, 4.69) is 9.97 Å². The highest BCUT2D eigenvalue weighted by Gasteiger charge is 2.33. The maximum absolute atomic E-state index is 15.7. The van der Waals surface area contributed by atoms with E-state index in [1.807, 2.05) is 0 Å². The molecule has 0 atom stereocenters. The van der Waals surface area contributed by atoms with E-state index in [9.17, 15) is 23.4 Å². The van der Waals surface area contributed by atoms with Gasteiger partial charge in [0, 0.05) is 30.4 Å². The smallest absolute Gasteiger partial charge is 0.417 e. The van der Waals surface area contributed by atoms with Crippen LogP contribution in [0.1, 0.15) is 37.7 Å². The fourth-order valence-corrected chi connectivity index (χ4v) is 4.48. The van der Waals surface area contributed by atoms with E-state index in [4.69, 9.17) is 11.6 Å². The van der Waals surface area contributed by atoms with Gasteiger partial charge >= 0.3 is 6.09 Å². The molecule has 0 spiro atoms. The summed E-state index contributed by atoms with van der Waals surface area (Å²) in [6.45, 7) is 5.99. The lowest BCUT2D eigenvalue weighted by Gasteiger charge is -2.28. The van der Waals surface area contributed by atoms with Gasteiger partial charge in [0.2, 0.25) is 0 Å². The SMILES string of the molecule is Cc1nc(Cl)c(CCO)c(N(C(=O)O)c2ccc(S(C)(=O)=O)c(C(C)(C)C)c2F)n1. The number of anilines is 2. The Hall–Kier alpha value is -2.30. The van der Waals surface area contributed by atoms with Crippen molar-refractivity contribution < 1.29 is 27.8 Å². The average Bonchev–Trinajstić information content (AvgIpc) is 2.56. The zero-order valence-electron chi connectivity index (χ0n) is 17.2. The van der Waals surface area contributed by atoms with E-state index in [0.717, 1.165) is 12.3 Å². The number of aliphatic hydroxyl groups excluding tert-OH is 1. The minimum Gasteiger partial charge on any atom is -0.464 e. The van der Waals surface area contributed by atoms with Crippen LogP contribution >= 0.6 is 11.6 Å². The quantitative estimate of drug-likeness (QED) is 0.655. The molecular formula is C19H23ClFN3O5S. The average molecular weight is 460 g/mol. The molecule has 0 aliphatic heterocycles. The topological polar surface area (TPSA) is 121 Å². The highest BCUT2D eigenvalue weighted by atomic mass is 35.5. The normalized spacial score (nSPS) is 12.1. The molecule has 1 aromatic heterocycles. The van der Waals surface area contributed by atoms with Crippen LogP contribution in [0.25, 0.3) is 0 Å². The van der Waals surface area contributed by atoms with Gasteiger partial charge in [-0.05, 0) is 24.5 Å². The summed E-state index contributed by atoms with van der Waals surface area (Å²) in [6.07, 6.45) is -0.666. The number of aromatic nitrogens is 2. The number of nitrogens with zero attached hydrogens (tertiary/aromatic N) is 3. The van der Waals surface area contributed by atoms with Crippen LogP contribution < -0.4 is 4.90 Å². The second kappa shape index (κ2) is 8.44. The van der Waals surface area contributed by atoms with Gasteiger partial charge in [0.15, 0.2) is 21.5 Å². The van der Waals surface area contributed by atoms with Crippen molar-refractivity contribution in [1.29, 1.82) is 0 Å². The third kappa shape index (κ3) is 4.71. The molecule has 1 aromatic carbocycles. The van der Waals surface area contributed by atoms with Crippen LogP contribution in [-0.4, -0.2) is 47.6 Å². The van der Waals surface area contributed by atoms with Gasteiger partial charge in [-0.25, -0.2) is 32.5 Å². The Bertz CT molecular complexity index is 1100. The molecule has 2 aromatic rings. The van der Waals surface area contributed by atoms with Gasteiger partial charge in [-0.2, -0.15) is 0 Å². The first kappa shape index (κ1) is 24.0. The second-order valence-electron chi connectivity index (χ2n) is 7.75. The van der Waals surface area contributed by atoms with Crippen molar-refractivity contribution in [1.82, 2.24) is 9.97 Å². The Kier molecular flexibility index (Phi) is 6.75. The van der Waals surface area contributed by atoms with E-state index in [1.54, 1.807) is 20.8 Å². The van der Waals surface area contributed by atoms with Crippen molar-refractivity contribution >= 4 is 39.0 Å². The summed E-state index contributed by atoms with van der Waals surface area (Å²) in [5.74, 6) is -1.07. The van der Waals surface area contributed by atoms with Gasteiger partial charge in [-0.1, -0.05) is 32.4 Å². The molecule has 1 amide bonds. The van der Waals surface area contributed by atoms with Gasteiger partial charge in [0.05, 0.1) is 10.6 Å². The van der Waals surface area contributed by atoms with Crippen molar-refractivity contribution in [3.8, 4) is 0 Å².